The van der Waals surface area contributed by atoms with Gasteiger partial charge in [0.2, 0.25) is 0 Å². The number of carboxylic acid groups (broad SMARTS) is 1. The summed E-state index contributed by atoms with van der Waals surface area (Å²) in [5, 5.41) is 11.6. The molecule has 4 nitrogen and oxygen atoms in total. The molecule has 1 rings (SSSR count). The number of piperidine rings is 1. The quantitative estimate of drug-likeness (QED) is 0.695. The third-order valence-corrected chi connectivity index (χ3v) is 3.57. The van der Waals surface area contributed by atoms with E-state index in [0.29, 0.717) is 5.92 Å². The van der Waals surface area contributed by atoms with Crippen molar-refractivity contribution in [2.45, 2.75) is 39.5 Å². The van der Waals surface area contributed by atoms with Crippen molar-refractivity contribution in [1.82, 2.24) is 10.2 Å². The van der Waals surface area contributed by atoms with Crippen LogP contribution in [0.1, 0.15) is 39.5 Å². The van der Waals surface area contributed by atoms with Gasteiger partial charge in [-0.05, 0) is 57.2 Å². The minimum absolute atomic E-state index is 0.0872. The molecule has 0 saturated carbocycles. The molecule has 0 aromatic heterocycles. The second-order valence-electron chi connectivity index (χ2n) is 5.87. The summed E-state index contributed by atoms with van der Waals surface area (Å²) in [5.41, 5.74) is 0. The number of nitrogens with one attached hydrogen (secondary N) is 1. The van der Waals surface area contributed by atoms with Gasteiger partial charge >= 0.3 is 5.97 Å². The molecule has 1 heterocycles. The summed E-state index contributed by atoms with van der Waals surface area (Å²) < 4.78 is 0. The maximum absolute atomic E-state index is 10.4. The molecule has 2 N–H and O–H groups in total. The molecular formula is C14H28N2O2. The molecule has 106 valence electrons. The molecule has 0 amide bonds. The van der Waals surface area contributed by atoms with Gasteiger partial charge in [0.15, 0.2) is 0 Å². The SMILES string of the molecule is CC(C)CCCN1CCCC(CNCC(=O)O)C1. The summed E-state index contributed by atoms with van der Waals surface area (Å²) in [6, 6.07) is 0. The van der Waals surface area contributed by atoms with Crippen LogP contribution in [0.15, 0.2) is 0 Å². The first-order chi connectivity index (χ1) is 8.58. The van der Waals surface area contributed by atoms with Crippen molar-refractivity contribution in [3.63, 3.8) is 0 Å². The van der Waals surface area contributed by atoms with Crippen molar-refractivity contribution in [1.29, 1.82) is 0 Å². The lowest BCUT2D eigenvalue weighted by Crippen LogP contribution is -2.40. The van der Waals surface area contributed by atoms with E-state index in [2.05, 4.69) is 24.1 Å². The van der Waals surface area contributed by atoms with E-state index in [-0.39, 0.29) is 6.54 Å². The topological polar surface area (TPSA) is 52.6 Å². The third kappa shape index (κ3) is 6.97. The minimum atomic E-state index is -0.764. The molecule has 0 radical (unpaired) electrons. The van der Waals surface area contributed by atoms with E-state index in [0.717, 1.165) is 19.0 Å². The van der Waals surface area contributed by atoms with E-state index in [1.165, 1.54) is 38.8 Å². The summed E-state index contributed by atoms with van der Waals surface area (Å²) >= 11 is 0. The fourth-order valence-corrected chi connectivity index (χ4v) is 2.63. The first-order valence-corrected chi connectivity index (χ1v) is 7.22. The minimum Gasteiger partial charge on any atom is -0.480 e. The smallest absolute Gasteiger partial charge is 0.317 e. The van der Waals surface area contributed by atoms with Gasteiger partial charge in [-0.2, -0.15) is 0 Å². The Balaban J connectivity index is 2.13. The molecule has 1 unspecified atom stereocenters. The lowest BCUT2D eigenvalue weighted by atomic mass is 9.97. The third-order valence-electron chi connectivity index (χ3n) is 3.57. The largest absolute Gasteiger partial charge is 0.480 e. The van der Waals surface area contributed by atoms with E-state index < -0.39 is 5.97 Å². The van der Waals surface area contributed by atoms with Crippen LogP contribution < -0.4 is 5.32 Å². The van der Waals surface area contributed by atoms with Gasteiger partial charge < -0.3 is 15.3 Å². The first kappa shape index (κ1) is 15.4. The number of likely N-dealkylation sites (tertiary alicyclic amines) is 1. The van der Waals surface area contributed by atoms with Gasteiger partial charge in [0.25, 0.3) is 0 Å². The molecule has 4 heteroatoms. The highest BCUT2D eigenvalue weighted by molar-refractivity contribution is 5.68. The number of carbonyl (C=O) groups is 1. The first-order valence-electron chi connectivity index (χ1n) is 7.22. The lowest BCUT2D eigenvalue weighted by Gasteiger charge is -2.33. The van der Waals surface area contributed by atoms with E-state index in [9.17, 15) is 4.79 Å². The summed E-state index contributed by atoms with van der Waals surface area (Å²) in [4.78, 5) is 13.0. The van der Waals surface area contributed by atoms with E-state index in [1.807, 2.05) is 0 Å². The molecule has 0 aliphatic carbocycles. The highest BCUT2D eigenvalue weighted by Crippen LogP contribution is 2.16. The summed E-state index contributed by atoms with van der Waals surface area (Å²) in [6.45, 7) is 9.02. The molecular weight excluding hydrogens is 228 g/mol. The second kappa shape index (κ2) is 8.48. The van der Waals surface area contributed by atoms with Gasteiger partial charge in [-0.15, -0.1) is 0 Å². The number of nitrogens with zero attached hydrogens (tertiary/aromatic N) is 1. The van der Waals surface area contributed by atoms with Crippen molar-refractivity contribution >= 4 is 5.97 Å². The predicted molar refractivity (Wildman–Crippen MR) is 73.7 cm³/mol. The maximum Gasteiger partial charge on any atom is 0.317 e. The Kier molecular flexibility index (Phi) is 7.28. The zero-order valence-corrected chi connectivity index (χ0v) is 11.8. The van der Waals surface area contributed by atoms with Gasteiger partial charge in [0.05, 0.1) is 6.54 Å². The zero-order valence-electron chi connectivity index (χ0n) is 11.8. The fourth-order valence-electron chi connectivity index (χ4n) is 2.63. The van der Waals surface area contributed by atoms with Crippen LogP contribution in [0, 0.1) is 11.8 Å². The van der Waals surface area contributed by atoms with Crippen LogP contribution in [0.25, 0.3) is 0 Å². The second-order valence-corrected chi connectivity index (χ2v) is 5.87. The van der Waals surface area contributed by atoms with E-state index >= 15 is 0 Å². The van der Waals surface area contributed by atoms with Gasteiger partial charge in [-0.1, -0.05) is 13.8 Å². The molecule has 0 spiro atoms. The van der Waals surface area contributed by atoms with Gasteiger partial charge in [-0.25, -0.2) is 0 Å². The Morgan fingerprint density at radius 1 is 1.50 bits per heavy atom. The monoisotopic (exact) mass is 256 g/mol. The maximum atomic E-state index is 10.4. The number of hydrogen-bond donors (Lipinski definition) is 2. The highest BCUT2D eigenvalue weighted by Gasteiger charge is 2.19. The van der Waals surface area contributed by atoms with Crippen LogP contribution in [0.2, 0.25) is 0 Å². The molecule has 0 aromatic rings. The van der Waals surface area contributed by atoms with Crippen molar-refractivity contribution in [2.75, 3.05) is 32.7 Å². The Morgan fingerprint density at radius 2 is 2.28 bits per heavy atom. The van der Waals surface area contributed by atoms with Crippen LogP contribution in [0.3, 0.4) is 0 Å². The fraction of sp³-hybridized carbons (Fsp3) is 0.929. The Bertz CT molecular complexity index is 244. The van der Waals surface area contributed by atoms with Crippen LogP contribution in [0.5, 0.6) is 0 Å². The molecule has 1 saturated heterocycles. The number of carboxylic acids is 1. The molecule has 1 aliphatic heterocycles. The Morgan fingerprint density at radius 3 is 2.94 bits per heavy atom. The summed E-state index contributed by atoms with van der Waals surface area (Å²) in [5.74, 6) is 0.652. The molecule has 1 aliphatic rings. The zero-order chi connectivity index (χ0) is 13.4. The molecule has 1 atom stereocenters. The Labute approximate surface area is 111 Å². The molecule has 0 aromatic carbocycles. The normalized spacial score (nSPS) is 21.4. The van der Waals surface area contributed by atoms with Crippen LogP contribution in [-0.2, 0) is 4.79 Å². The number of rotatable bonds is 8. The van der Waals surface area contributed by atoms with E-state index in [4.69, 9.17) is 5.11 Å². The van der Waals surface area contributed by atoms with Crippen LogP contribution in [0.4, 0.5) is 0 Å². The molecule has 1 fully saturated rings. The van der Waals surface area contributed by atoms with Crippen molar-refractivity contribution in [3.8, 4) is 0 Å². The summed E-state index contributed by atoms with van der Waals surface area (Å²) in [7, 11) is 0. The average Bonchev–Trinajstić information content (AvgIpc) is 2.28. The van der Waals surface area contributed by atoms with Crippen LogP contribution in [-0.4, -0.2) is 48.7 Å². The van der Waals surface area contributed by atoms with Crippen molar-refractivity contribution in [2.24, 2.45) is 11.8 Å². The van der Waals surface area contributed by atoms with Gasteiger partial charge in [0, 0.05) is 6.54 Å². The molecule has 0 bridgehead atoms. The number of aliphatic carboxylic acids is 1. The van der Waals surface area contributed by atoms with Crippen molar-refractivity contribution < 1.29 is 9.90 Å². The van der Waals surface area contributed by atoms with Crippen LogP contribution >= 0.6 is 0 Å². The average molecular weight is 256 g/mol. The predicted octanol–water partition coefficient (Wildman–Crippen LogP) is 1.81. The Hall–Kier alpha value is -0.610. The number of hydrogen-bond acceptors (Lipinski definition) is 3. The van der Waals surface area contributed by atoms with Crippen molar-refractivity contribution in [3.05, 3.63) is 0 Å². The van der Waals surface area contributed by atoms with Gasteiger partial charge in [-0.3, -0.25) is 4.79 Å². The van der Waals surface area contributed by atoms with E-state index in [1.54, 1.807) is 0 Å². The standard InChI is InChI=1S/C14H28N2O2/c1-12(2)5-3-7-16-8-4-6-13(11-16)9-15-10-14(17)18/h12-13,15H,3-11H2,1-2H3,(H,17,18). The highest BCUT2D eigenvalue weighted by atomic mass is 16.4. The molecule has 18 heavy (non-hydrogen) atoms. The van der Waals surface area contributed by atoms with Gasteiger partial charge in [0.1, 0.15) is 0 Å². The summed E-state index contributed by atoms with van der Waals surface area (Å²) in [6.07, 6.45) is 5.07. The lowest BCUT2D eigenvalue weighted by molar-refractivity contribution is -0.136.